The van der Waals surface area contributed by atoms with Gasteiger partial charge in [-0.25, -0.2) is 0 Å². The Balaban J connectivity index is 1.96. The molecule has 0 aromatic heterocycles. The molecule has 1 atom stereocenters. The molecule has 1 N–H and O–H groups in total. The highest BCUT2D eigenvalue weighted by Gasteiger charge is 2.14. The first kappa shape index (κ1) is 18.6. The van der Waals surface area contributed by atoms with E-state index in [2.05, 4.69) is 5.32 Å². The number of rotatable bonds is 8. The molecule has 2 aromatic carbocycles. The summed E-state index contributed by atoms with van der Waals surface area (Å²) in [6, 6.07) is 13.2. The Morgan fingerprint density at radius 1 is 0.960 bits per heavy atom. The Labute approximate surface area is 148 Å². The molecule has 0 unspecified atom stereocenters. The van der Waals surface area contributed by atoms with Crippen LogP contribution in [0.15, 0.2) is 42.5 Å². The molecule has 1 amide bonds. The molecule has 134 valence electrons. The van der Waals surface area contributed by atoms with Crippen LogP contribution in [0.1, 0.15) is 30.5 Å². The summed E-state index contributed by atoms with van der Waals surface area (Å²) in [6.45, 7) is 1.96. The molecular formula is C20H25NO4. The van der Waals surface area contributed by atoms with E-state index in [9.17, 15) is 4.79 Å². The van der Waals surface area contributed by atoms with Crippen LogP contribution in [0.25, 0.3) is 0 Å². The molecule has 0 saturated carbocycles. The lowest BCUT2D eigenvalue weighted by atomic mass is 10.1. The van der Waals surface area contributed by atoms with Crippen molar-refractivity contribution in [2.24, 2.45) is 0 Å². The maximum atomic E-state index is 12.3. The standard InChI is InChI=1S/C20H25NO4/c1-14(15-8-10-16(23-2)11-9-15)21-20(22)13-12-17-18(24-3)6-5-7-19(17)25-4/h5-11,14H,12-13H2,1-4H3,(H,21,22)/t14-/m0/s1. The minimum atomic E-state index is -0.0713. The largest absolute Gasteiger partial charge is 0.497 e. The molecule has 0 saturated heterocycles. The van der Waals surface area contributed by atoms with E-state index in [-0.39, 0.29) is 11.9 Å². The van der Waals surface area contributed by atoms with Crippen molar-refractivity contribution in [2.75, 3.05) is 21.3 Å². The number of amides is 1. The van der Waals surface area contributed by atoms with E-state index in [0.717, 1.165) is 28.4 Å². The van der Waals surface area contributed by atoms with Gasteiger partial charge in [0, 0.05) is 12.0 Å². The molecule has 5 heteroatoms. The van der Waals surface area contributed by atoms with E-state index in [1.54, 1.807) is 21.3 Å². The SMILES string of the molecule is COc1ccc([C@H](C)NC(=O)CCc2c(OC)cccc2OC)cc1. The van der Waals surface area contributed by atoms with Crippen molar-refractivity contribution >= 4 is 5.91 Å². The van der Waals surface area contributed by atoms with Gasteiger partial charge in [0.05, 0.1) is 27.4 Å². The van der Waals surface area contributed by atoms with Gasteiger partial charge >= 0.3 is 0 Å². The number of benzene rings is 2. The fourth-order valence-corrected chi connectivity index (χ4v) is 2.70. The topological polar surface area (TPSA) is 56.8 Å². The summed E-state index contributed by atoms with van der Waals surface area (Å²) in [5, 5.41) is 3.02. The van der Waals surface area contributed by atoms with Gasteiger partial charge < -0.3 is 19.5 Å². The van der Waals surface area contributed by atoms with Crippen LogP contribution in [0, 0.1) is 0 Å². The molecule has 0 radical (unpaired) electrons. The van der Waals surface area contributed by atoms with Crippen LogP contribution >= 0.6 is 0 Å². The lowest BCUT2D eigenvalue weighted by Crippen LogP contribution is -2.26. The molecule has 0 aliphatic rings. The average molecular weight is 343 g/mol. The number of carbonyl (C=O) groups is 1. The zero-order chi connectivity index (χ0) is 18.2. The molecule has 5 nitrogen and oxygen atoms in total. The highest BCUT2D eigenvalue weighted by molar-refractivity contribution is 5.77. The number of carbonyl (C=O) groups excluding carboxylic acids is 1. The predicted octanol–water partition coefficient (Wildman–Crippen LogP) is 3.52. The van der Waals surface area contributed by atoms with Crippen molar-refractivity contribution in [1.29, 1.82) is 0 Å². The number of hydrogen-bond donors (Lipinski definition) is 1. The monoisotopic (exact) mass is 343 g/mol. The molecule has 0 aliphatic carbocycles. The van der Waals surface area contributed by atoms with Crippen molar-refractivity contribution in [3.8, 4) is 17.2 Å². The van der Waals surface area contributed by atoms with Gasteiger partial charge in [0.2, 0.25) is 5.91 Å². The Hall–Kier alpha value is -2.69. The fraction of sp³-hybridized carbons (Fsp3) is 0.350. The minimum Gasteiger partial charge on any atom is -0.497 e. The first-order valence-corrected chi connectivity index (χ1v) is 8.22. The van der Waals surface area contributed by atoms with E-state index >= 15 is 0 Å². The van der Waals surface area contributed by atoms with Crippen molar-refractivity contribution < 1.29 is 19.0 Å². The van der Waals surface area contributed by atoms with E-state index in [1.165, 1.54) is 0 Å². The molecule has 0 fully saturated rings. The van der Waals surface area contributed by atoms with Crippen LogP contribution in [0.2, 0.25) is 0 Å². The van der Waals surface area contributed by atoms with Crippen LogP contribution in [-0.4, -0.2) is 27.2 Å². The summed E-state index contributed by atoms with van der Waals surface area (Å²) in [6.07, 6.45) is 0.908. The van der Waals surface area contributed by atoms with Crippen molar-refractivity contribution in [3.63, 3.8) is 0 Å². The summed E-state index contributed by atoms with van der Waals surface area (Å²) >= 11 is 0. The van der Waals surface area contributed by atoms with Crippen LogP contribution in [-0.2, 0) is 11.2 Å². The third-order valence-corrected chi connectivity index (χ3v) is 4.13. The molecule has 0 aliphatic heterocycles. The third kappa shape index (κ3) is 4.89. The lowest BCUT2D eigenvalue weighted by Gasteiger charge is -2.16. The summed E-state index contributed by atoms with van der Waals surface area (Å²) in [7, 11) is 4.86. The smallest absolute Gasteiger partial charge is 0.220 e. The zero-order valence-electron chi connectivity index (χ0n) is 15.2. The van der Waals surface area contributed by atoms with Crippen molar-refractivity contribution in [3.05, 3.63) is 53.6 Å². The normalized spacial score (nSPS) is 11.5. The Morgan fingerprint density at radius 2 is 1.56 bits per heavy atom. The first-order valence-electron chi connectivity index (χ1n) is 8.22. The zero-order valence-corrected chi connectivity index (χ0v) is 15.2. The number of methoxy groups -OCH3 is 3. The summed E-state index contributed by atoms with van der Waals surface area (Å²) < 4.78 is 15.9. The molecular weight excluding hydrogens is 318 g/mol. The molecule has 0 heterocycles. The maximum absolute atomic E-state index is 12.3. The number of nitrogens with one attached hydrogen (secondary N) is 1. The van der Waals surface area contributed by atoms with Gasteiger partial charge in [0.1, 0.15) is 17.2 Å². The average Bonchev–Trinajstić information content (AvgIpc) is 2.65. The Bertz CT molecular complexity index is 675. The van der Waals surface area contributed by atoms with E-state index in [4.69, 9.17) is 14.2 Å². The van der Waals surface area contributed by atoms with Crippen LogP contribution < -0.4 is 19.5 Å². The first-order chi connectivity index (χ1) is 12.1. The summed E-state index contributed by atoms with van der Waals surface area (Å²) in [5.74, 6) is 2.24. The third-order valence-electron chi connectivity index (χ3n) is 4.13. The van der Waals surface area contributed by atoms with Crippen LogP contribution in [0.3, 0.4) is 0 Å². The van der Waals surface area contributed by atoms with E-state index in [1.807, 2.05) is 49.4 Å². The number of hydrogen-bond acceptors (Lipinski definition) is 4. The highest BCUT2D eigenvalue weighted by Crippen LogP contribution is 2.29. The second-order valence-corrected chi connectivity index (χ2v) is 5.70. The predicted molar refractivity (Wildman–Crippen MR) is 97.4 cm³/mol. The van der Waals surface area contributed by atoms with Crippen molar-refractivity contribution in [2.45, 2.75) is 25.8 Å². The van der Waals surface area contributed by atoms with Gasteiger partial charge in [-0.05, 0) is 43.2 Å². The van der Waals surface area contributed by atoms with Gasteiger partial charge in [0.15, 0.2) is 0 Å². The summed E-state index contributed by atoms with van der Waals surface area (Å²) in [4.78, 5) is 12.3. The number of ether oxygens (including phenoxy) is 3. The highest BCUT2D eigenvalue weighted by atomic mass is 16.5. The summed E-state index contributed by atoms with van der Waals surface area (Å²) in [5.41, 5.74) is 1.93. The maximum Gasteiger partial charge on any atom is 0.220 e. The van der Waals surface area contributed by atoms with Gasteiger partial charge in [-0.1, -0.05) is 18.2 Å². The van der Waals surface area contributed by atoms with Gasteiger partial charge in [-0.3, -0.25) is 4.79 Å². The van der Waals surface area contributed by atoms with Crippen molar-refractivity contribution in [1.82, 2.24) is 5.32 Å². The fourth-order valence-electron chi connectivity index (χ4n) is 2.70. The lowest BCUT2D eigenvalue weighted by molar-refractivity contribution is -0.121. The van der Waals surface area contributed by atoms with Crippen LogP contribution in [0.4, 0.5) is 0 Å². The minimum absolute atomic E-state index is 0.0173. The second-order valence-electron chi connectivity index (χ2n) is 5.70. The van der Waals surface area contributed by atoms with Crippen LogP contribution in [0.5, 0.6) is 17.2 Å². The van der Waals surface area contributed by atoms with Gasteiger partial charge in [-0.15, -0.1) is 0 Å². The van der Waals surface area contributed by atoms with Gasteiger partial charge in [0.25, 0.3) is 0 Å². The Kier molecular flexibility index (Phi) is 6.69. The van der Waals surface area contributed by atoms with Gasteiger partial charge in [-0.2, -0.15) is 0 Å². The quantitative estimate of drug-likeness (QED) is 0.797. The van der Waals surface area contributed by atoms with E-state index < -0.39 is 0 Å². The molecule has 0 spiro atoms. The molecule has 0 bridgehead atoms. The molecule has 25 heavy (non-hydrogen) atoms. The Morgan fingerprint density at radius 3 is 2.08 bits per heavy atom. The molecule has 2 rings (SSSR count). The van der Waals surface area contributed by atoms with E-state index in [0.29, 0.717) is 12.8 Å². The molecule has 2 aromatic rings. The second kappa shape index (κ2) is 8.97.